The number of anilines is 2. The van der Waals surface area contributed by atoms with Crippen molar-refractivity contribution in [3.63, 3.8) is 0 Å². The van der Waals surface area contributed by atoms with Gasteiger partial charge >= 0.3 is 0 Å². The fourth-order valence-electron chi connectivity index (χ4n) is 5.08. The lowest BCUT2D eigenvalue weighted by Crippen LogP contribution is -2.35. The first-order valence-electron chi connectivity index (χ1n) is 10.4. The molecule has 0 bridgehead atoms. The Morgan fingerprint density at radius 1 is 1.00 bits per heavy atom. The van der Waals surface area contributed by atoms with Crippen LogP contribution < -0.4 is 9.80 Å². The van der Waals surface area contributed by atoms with E-state index in [1.54, 1.807) is 0 Å². The molecule has 2 aromatic heterocycles. The summed E-state index contributed by atoms with van der Waals surface area (Å²) in [6, 6.07) is 5.41. The first-order chi connectivity index (χ1) is 13.4. The van der Waals surface area contributed by atoms with Crippen LogP contribution in [-0.4, -0.2) is 27.3 Å². The highest BCUT2D eigenvalue weighted by Gasteiger charge is 2.34. The van der Waals surface area contributed by atoms with Gasteiger partial charge < -0.3 is 14.8 Å². The van der Waals surface area contributed by atoms with Gasteiger partial charge in [-0.25, -0.2) is 0 Å². The van der Waals surface area contributed by atoms with Crippen LogP contribution in [0, 0.1) is 6.92 Å². The molecule has 1 aliphatic heterocycles. The Hall–Kier alpha value is -2.69. The molecular weight excluding hydrogens is 346 g/mol. The number of fused-ring (bicyclic) bond motifs is 6. The second-order valence-corrected chi connectivity index (χ2v) is 8.74. The topological polar surface area (TPSA) is 51.0 Å². The Balaban J connectivity index is 1.77. The summed E-state index contributed by atoms with van der Waals surface area (Å²) < 4.78 is 0. The summed E-state index contributed by atoms with van der Waals surface area (Å²) in [6.07, 6.45) is 3.33. The Labute approximate surface area is 166 Å². The van der Waals surface area contributed by atoms with Gasteiger partial charge in [-0.15, -0.1) is 0 Å². The molecule has 1 aliphatic carbocycles. The van der Waals surface area contributed by atoms with Crippen molar-refractivity contribution in [3.8, 4) is 11.4 Å². The lowest BCUT2D eigenvalue weighted by Gasteiger charge is -2.29. The first-order valence-corrected chi connectivity index (χ1v) is 10.4. The summed E-state index contributed by atoms with van der Waals surface area (Å²) >= 11 is 0. The summed E-state index contributed by atoms with van der Waals surface area (Å²) in [7, 11) is 0. The number of hydrogen-bond acceptors (Lipinski definition) is 3. The van der Waals surface area contributed by atoms with E-state index in [4.69, 9.17) is 0 Å². The molecule has 0 amide bonds. The van der Waals surface area contributed by atoms with Gasteiger partial charge in [-0.2, -0.15) is 5.10 Å². The number of hydrogen-bond donors (Lipinski definition) is 2. The van der Waals surface area contributed by atoms with Crippen molar-refractivity contribution in [1.82, 2.24) is 15.2 Å². The highest BCUT2D eigenvalue weighted by Crippen LogP contribution is 2.47. The molecule has 3 heterocycles. The number of nitrogens with one attached hydrogen (secondary N) is 2. The first kappa shape index (κ1) is 17.4. The van der Waals surface area contributed by atoms with Gasteiger partial charge in [-0.05, 0) is 71.6 Å². The molecule has 0 saturated carbocycles. The zero-order chi connectivity index (χ0) is 19.7. The second-order valence-electron chi connectivity index (χ2n) is 8.74. The minimum atomic E-state index is 0.362. The van der Waals surface area contributed by atoms with E-state index < -0.39 is 0 Å². The van der Waals surface area contributed by atoms with Gasteiger partial charge in [-0.3, -0.25) is 5.10 Å². The number of rotatable bonds is 2. The Morgan fingerprint density at radius 3 is 2.32 bits per heavy atom. The summed E-state index contributed by atoms with van der Waals surface area (Å²) in [5.74, 6) is 1.07. The van der Waals surface area contributed by atoms with Crippen LogP contribution in [0.5, 0.6) is 0 Å². The van der Waals surface area contributed by atoms with Crippen molar-refractivity contribution in [1.29, 1.82) is 0 Å². The fraction of sp³-hybridized carbons (Fsp3) is 0.435. The zero-order valence-electron chi connectivity index (χ0n) is 17.5. The van der Waals surface area contributed by atoms with Gasteiger partial charge in [0, 0.05) is 34.2 Å². The van der Waals surface area contributed by atoms with Crippen LogP contribution in [0.3, 0.4) is 0 Å². The molecular formula is C23H29N5. The van der Waals surface area contributed by atoms with E-state index in [0.717, 1.165) is 30.8 Å². The van der Waals surface area contributed by atoms with Crippen LogP contribution in [0.15, 0.2) is 24.5 Å². The molecule has 1 aromatic carbocycles. The molecule has 0 saturated heterocycles. The van der Waals surface area contributed by atoms with Crippen LogP contribution in [0.1, 0.15) is 50.9 Å². The maximum atomic E-state index is 4.64. The predicted octanol–water partition coefficient (Wildman–Crippen LogP) is 5.27. The number of aromatic nitrogens is 3. The SMILES string of the molecule is C=C1N(C(C)C)c2cc3[nH]c4c(c3cc2N1C(C)C)CCCc1c-4n[nH]c1C. The van der Waals surface area contributed by atoms with Gasteiger partial charge in [0.2, 0.25) is 0 Å². The van der Waals surface area contributed by atoms with Crippen LogP contribution in [0.2, 0.25) is 0 Å². The monoisotopic (exact) mass is 375 g/mol. The number of nitrogens with zero attached hydrogens (tertiary/aromatic N) is 3. The van der Waals surface area contributed by atoms with E-state index in [-0.39, 0.29) is 0 Å². The smallest absolute Gasteiger partial charge is 0.112 e. The van der Waals surface area contributed by atoms with Crippen LogP contribution in [-0.2, 0) is 12.8 Å². The summed E-state index contributed by atoms with van der Waals surface area (Å²) in [6.45, 7) is 15.5. The molecule has 0 unspecified atom stereocenters. The maximum absolute atomic E-state index is 4.64. The van der Waals surface area contributed by atoms with Gasteiger partial charge in [0.25, 0.3) is 0 Å². The molecule has 0 radical (unpaired) electrons. The highest BCUT2D eigenvalue weighted by atomic mass is 15.4. The van der Waals surface area contributed by atoms with Crippen LogP contribution >= 0.6 is 0 Å². The van der Waals surface area contributed by atoms with E-state index in [0.29, 0.717) is 12.1 Å². The van der Waals surface area contributed by atoms with Gasteiger partial charge in [0.05, 0.1) is 17.1 Å². The fourth-order valence-corrected chi connectivity index (χ4v) is 5.08. The molecule has 5 nitrogen and oxygen atoms in total. The van der Waals surface area contributed by atoms with Crippen molar-refractivity contribution in [2.75, 3.05) is 9.80 Å². The second kappa shape index (κ2) is 5.90. The zero-order valence-corrected chi connectivity index (χ0v) is 17.5. The summed E-state index contributed by atoms with van der Waals surface area (Å²) in [4.78, 5) is 8.44. The Kier molecular flexibility index (Phi) is 3.67. The molecule has 2 aliphatic rings. The molecule has 0 spiro atoms. The van der Waals surface area contributed by atoms with Crippen molar-refractivity contribution in [2.24, 2.45) is 0 Å². The van der Waals surface area contributed by atoms with Crippen LogP contribution in [0.25, 0.3) is 22.3 Å². The molecule has 0 fully saturated rings. The molecule has 5 rings (SSSR count). The minimum absolute atomic E-state index is 0.362. The number of benzene rings is 1. The Morgan fingerprint density at radius 2 is 1.64 bits per heavy atom. The lowest BCUT2D eigenvalue weighted by molar-refractivity contribution is 0.707. The van der Waals surface area contributed by atoms with E-state index in [9.17, 15) is 0 Å². The van der Waals surface area contributed by atoms with Crippen LogP contribution in [0.4, 0.5) is 11.4 Å². The normalized spacial score (nSPS) is 16.2. The van der Waals surface area contributed by atoms with Crippen molar-refractivity contribution >= 4 is 22.3 Å². The Bertz CT molecular complexity index is 1100. The molecule has 146 valence electrons. The van der Waals surface area contributed by atoms with E-state index in [2.05, 4.69) is 78.3 Å². The maximum Gasteiger partial charge on any atom is 0.112 e. The number of aryl methyl sites for hydroxylation is 2. The van der Waals surface area contributed by atoms with E-state index in [1.807, 2.05) is 0 Å². The van der Waals surface area contributed by atoms with E-state index in [1.165, 1.54) is 44.8 Å². The molecule has 3 aromatic rings. The molecule has 2 N–H and O–H groups in total. The standard InChI is InChI=1S/C23H29N5/c1-12(2)27-15(6)28(13(3)4)21-11-19-18(10-20(21)27)17-9-7-8-16-14(5)25-26-23(16)22(17)24-19/h10-13,24H,6-9H2,1-5H3,(H,25,26). The number of aromatic amines is 2. The summed E-state index contributed by atoms with van der Waals surface area (Å²) in [5, 5.41) is 9.15. The summed E-state index contributed by atoms with van der Waals surface area (Å²) in [5.41, 5.74) is 9.97. The third-order valence-corrected chi connectivity index (χ3v) is 6.27. The minimum Gasteiger partial charge on any atom is -0.353 e. The number of H-pyrrole nitrogens is 2. The average molecular weight is 376 g/mol. The molecule has 28 heavy (non-hydrogen) atoms. The van der Waals surface area contributed by atoms with Crippen molar-refractivity contribution in [3.05, 3.63) is 41.4 Å². The largest absolute Gasteiger partial charge is 0.353 e. The predicted molar refractivity (Wildman–Crippen MR) is 117 cm³/mol. The van der Waals surface area contributed by atoms with Crippen molar-refractivity contribution < 1.29 is 0 Å². The van der Waals surface area contributed by atoms with Gasteiger partial charge in [-0.1, -0.05) is 6.58 Å². The van der Waals surface area contributed by atoms with E-state index >= 15 is 0 Å². The molecule has 5 heteroatoms. The van der Waals surface area contributed by atoms with Gasteiger partial charge in [0.1, 0.15) is 11.5 Å². The third-order valence-electron chi connectivity index (χ3n) is 6.27. The lowest BCUT2D eigenvalue weighted by atomic mass is 10.0. The van der Waals surface area contributed by atoms with Gasteiger partial charge in [0.15, 0.2) is 0 Å². The average Bonchev–Trinajstić information content (AvgIpc) is 3.20. The highest BCUT2D eigenvalue weighted by molar-refractivity contribution is 6.00. The molecule has 0 atom stereocenters. The van der Waals surface area contributed by atoms with Crippen molar-refractivity contribution in [2.45, 2.75) is 66.0 Å². The third kappa shape index (κ3) is 2.22. The quantitative estimate of drug-likeness (QED) is 0.641.